The van der Waals surface area contributed by atoms with Gasteiger partial charge in [0.2, 0.25) is 11.9 Å². The molecule has 19 heavy (non-hydrogen) atoms. The minimum Gasteiger partial charge on any atom is -0.318 e. The molecule has 0 spiro atoms. The molecule has 0 fully saturated rings. The average molecular weight is 270 g/mol. The van der Waals surface area contributed by atoms with Gasteiger partial charge in [-0.1, -0.05) is 6.07 Å². The summed E-state index contributed by atoms with van der Waals surface area (Å²) in [6.07, 6.45) is 0. The molecule has 7 heteroatoms. The molecule has 0 saturated heterocycles. The molecule has 2 rings (SSSR count). The van der Waals surface area contributed by atoms with Gasteiger partial charge in [0.25, 0.3) is 5.91 Å². The predicted octanol–water partition coefficient (Wildman–Crippen LogP) is 2.89. The number of nitrogens with zero attached hydrogens (tertiary/aromatic N) is 1. The summed E-state index contributed by atoms with van der Waals surface area (Å²) >= 11 is 0. The van der Waals surface area contributed by atoms with Gasteiger partial charge in [-0.05, 0) is 24.3 Å². The Bertz CT molecular complexity index is 646. The fourth-order valence-electron chi connectivity index (χ4n) is 1.37. The first kappa shape index (κ1) is 13.0. The molecule has 1 N–H and O–H groups in total. The topological polar surface area (TPSA) is 42.0 Å². The van der Waals surface area contributed by atoms with Crippen LogP contribution in [-0.4, -0.2) is 10.9 Å². The third-order valence-electron chi connectivity index (χ3n) is 2.26. The standard InChI is InChI=1S/C12H6F4N2O/c13-7-3-1-2-6(10(7)15)12(19)17-8-4-5-9(14)18-11(8)16/h1-5H,(H,17,19). The van der Waals surface area contributed by atoms with E-state index in [1.165, 1.54) is 0 Å². The number of carbonyl (C=O) groups is 1. The van der Waals surface area contributed by atoms with Crippen LogP contribution < -0.4 is 5.32 Å². The monoisotopic (exact) mass is 270 g/mol. The number of rotatable bonds is 2. The third-order valence-corrected chi connectivity index (χ3v) is 2.26. The molecule has 0 unspecified atom stereocenters. The van der Waals surface area contributed by atoms with E-state index in [4.69, 9.17) is 0 Å². The van der Waals surface area contributed by atoms with Crippen molar-refractivity contribution < 1.29 is 22.4 Å². The number of hydrogen-bond donors (Lipinski definition) is 1. The molecular formula is C12H6F4N2O. The van der Waals surface area contributed by atoms with Crippen LogP contribution in [-0.2, 0) is 0 Å². The summed E-state index contributed by atoms with van der Waals surface area (Å²) in [4.78, 5) is 14.5. The molecular weight excluding hydrogens is 264 g/mol. The van der Waals surface area contributed by atoms with Gasteiger partial charge in [0.05, 0.1) is 11.3 Å². The molecule has 1 heterocycles. The normalized spacial score (nSPS) is 10.3. The summed E-state index contributed by atoms with van der Waals surface area (Å²) < 4.78 is 52.0. The van der Waals surface area contributed by atoms with Crippen LogP contribution in [0, 0.1) is 23.5 Å². The zero-order chi connectivity index (χ0) is 14.0. The number of anilines is 1. The maximum Gasteiger partial charge on any atom is 0.258 e. The average Bonchev–Trinajstić information content (AvgIpc) is 2.36. The summed E-state index contributed by atoms with van der Waals surface area (Å²) in [5.41, 5.74) is -1.03. The Morgan fingerprint density at radius 2 is 1.79 bits per heavy atom. The Hall–Kier alpha value is -2.44. The first-order chi connectivity index (χ1) is 8.99. The maximum atomic E-state index is 13.3. The minimum atomic E-state index is -1.35. The first-order valence-corrected chi connectivity index (χ1v) is 5.06. The van der Waals surface area contributed by atoms with Gasteiger partial charge in [-0.2, -0.15) is 13.8 Å². The number of pyridine rings is 1. The van der Waals surface area contributed by atoms with Gasteiger partial charge in [-0.15, -0.1) is 0 Å². The highest BCUT2D eigenvalue weighted by Gasteiger charge is 2.17. The lowest BCUT2D eigenvalue weighted by Crippen LogP contribution is -2.16. The zero-order valence-corrected chi connectivity index (χ0v) is 9.25. The molecule has 0 aliphatic carbocycles. The number of aromatic nitrogens is 1. The van der Waals surface area contributed by atoms with Crippen molar-refractivity contribution in [2.24, 2.45) is 0 Å². The third kappa shape index (κ3) is 2.70. The predicted molar refractivity (Wildman–Crippen MR) is 58.5 cm³/mol. The van der Waals surface area contributed by atoms with E-state index in [1.54, 1.807) is 0 Å². The lowest BCUT2D eigenvalue weighted by atomic mass is 10.2. The van der Waals surface area contributed by atoms with Crippen LogP contribution in [0.1, 0.15) is 10.4 Å². The van der Waals surface area contributed by atoms with E-state index in [0.717, 1.165) is 30.3 Å². The summed E-state index contributed by atoms with van der Waals surface area (Å²) in [5, 5.41) is 1.97. The zero-order valence-electron chi connectivity index (χ0n) is 9.25. The molecule has 3 nitrogen and oxygen atoms in total. The number of amides is 1. The highest BCUT2D eigenvalue weighted by Crippen LogP contribution is 2.16. The SMILES string of the molecule is O=C(Nc1ccc(F)nc1F)c1cccc(F)c1F. The van der Waals surface area contributed by atoms with Crippen LogP contribution in [0.25, 0.3) is 0 Å². The van der Waals surface area contributed by atoms with Crippen molar-refractivity contribution in [3.05, 3.63) is 59.4 Å². The highest BCUT2D eigenvalue weighted by molar-refractivity contribution is 6.04. The highest BCUT2D eigenvalue weighted by atomic mass is 19.2. The van der Waals surface area contributed by atoms with Crippen LogP contribution in [0.3, 0.4) is 0 Å². The van der Waals surface area contributed by atoms with Gasteiger partial charge in [-0.3, -0.25) is 4.79 Å². The van der Waals surface area contributed by atoms with Crippen LogP contribution in [0.15, 0.2) is 30.3 Å². The number of nitrogens with one attached hydrogen (secondary N) is 1. The van der Waals surface area contributed by atoms with Crippen molar-refractivity contribution in [1.82, 2.24) is 4.98 Å². The minimum absolute atomic E-state index is 0.435. The summed E-state index contributed by atoms with van der Waals surface area (Å²) in [6, 6.07) is 4.74. The molecule has 0 saturated carbocycles. The molecule has 1 amide bonds. The van der Waals surface area contributed by atoms with Crippen molar-refractivity contribution in [1.29, 1.82) is 0 Å². The quantitative estimate of drug-likeness (QED) is 0.673. The van der Waals surface area contributed by atoms with Crippen LogP contribution >= 0.6 is 0 Å². The van der Waals surface area contributed by atoms with Gasteiger partial charge in [0, 0.05) is 0 Å². The molecule has 0 aliphatic rings. The molecule has 0 bridgehead atoms. The van der Waals surface area contributed by atoms with E-state index < -0.39 is 40.7 Å². The second-order valence-electron chi connectivity index (χ2n) is 3.53. The van der Waals surface area contributed by atoms with Gasteiger partial charge in [0.15, 0.2) is 11.6 Å². The fraction of sp³-hybridized carbons (Fsp3) is 0. The number of benzene rings is 1. The van der Waals surface area contributed by atoms with Crippen molar-refractivity contribution >= 4 is 11.6 Å². The van der Waals surface area contributed by atoms with Crippen LogP contribution in [0.4, 0.5) is 23.2 Å². The second-order valence-corrected chi connectivity index (χ2v) is 3.53. The maximum absolute atomic E-state index is 13.3. The van der Waals surface area contributed by atoms with E-state index in [0.29, 0.717) is 0 Å². The fourth-order valence-corrected chi connectivity index (χ4v) is 1.37. The molecule has 1 aromatic carbocycles. The van der Waals surface area contributed by atoms with Crippen molar-refractivity contribution in [2.45, 2.75) is 0 Å². The Labute approximate surface area is 104 Å². The van der Waals surface area contributed by atoms with Gasteiger partial charge >= 0.3 is 0 Å². The number of carbonyl (C=O) groups excluding carboxylic acids is 1. The Morgan fingerprint density at radius 1 is 1.05 bits per heavy atom. The van der Waals surface area contributed by atoms with Crippen molar-refractivity contribution in [2.75, 3.05) is 5.32 Å². The Balaban J connectivity index is 2.28. The number of hydrogen-bond acceptors (Lipinski definition) is 2. The van der Waals surface area contributed by atoms with E-state index in [1.807, 2.05) is 5.32 Å². The smallest absolute Gasteiger partial charge is 0.258 e. The van der Waals surface area contributed by atoms with E-state index in [9.17, 15) is 22.4 Å². The molecule has 0 atom stereocenters. The van der Waals surface area contributed by atoms with E-state index in [-0.39, 0.29) is 0 Å². The lowest BCUT2D eigenvalue weighted by molar-refractivity contribution is 0.102. The Morgan fingerprint density at radius 3 is 2.47 bits per heavy atom. The van der Waals surface area contributed by atoms with Crippen molar-refractivity contribution in [3.63, 3.8) is 0 Å². The first-order valence-electron chi connectivity index (χ1n) is 5.06. The molecule has 0 radical (unpaired) electrons. The van der Waals surface area contributed by atoms with Crippen LogP contribution in [0.5, 0.6) is 0 Å². The van der Waals surface area contributed by atoms with Crippen LogP contribution in [0.2, 0.25) is 0 Å². The van der Waals surface area contributed by atoms with Crippen molar-refractivity contribution in [3.8, 4) is 0 Å². The summed E-state index contributed by atoms with van der Waals surface area (Å²) in [7, 11) is 0. The summed E-state index contributed by atoms with van der Waals surface area (Å²) in [6.45, 7) is 0. The Kier molecular flexibility index (Phi) is 3.46. The molecule has 0 aliphatic heterocycles. The second kappa shape index (κ2) is 5.05. The largest absolute Gasteiger partial charge is 0.318 e. The molecule has 1 aromatic heterocycles. The van der Waals surface area contributed by atoms with Gasteiger partial charge in [0.1, 0.15) is 0 Å². The lowest BCUT2D eigenvalue weighted by Gasteiger charge is -2.06. The molecule has 98 valence electrons. The van der Waals surface area contributed by atoms with Gasteiger partial charge in [-0.25, -0.2) is 8.78 Å². The molecule has 2 aromatic rings. The van der Waals surface area contributed by atoms with Gasteiger partial charge < -0.3 is 5.32 Å². The van der Waals surface area contributed by atoms with E-state index in [2.05, 4.69) is 4.98 Å². The number of halogens is 4. The summed E-state index contributed by atoms with van der Waals surface area (Å²) in [5.74, 6) is -5.94. The van der Waals surface area contributed by atoms with E-state index >= 15 is 0 Å².